The van der Waals surface area contributed by atoms with Crippen LogP contribution in [-0.4, -0.2) is 58.7 Å². The predicted octanol–water partition coefficient (Wildman–Crippen LogP) is 0.369. The van der Waals surface area contributed by atoms with Gasteiger partial charge < -0.3 is 4.90 Å². The topological polar surface area (TPSA) is 57.7 Å². The Morgan fingerprint density at radius 2 is 1.67 bits per heavy atom. The molecular formula is C15H18N2O3S. The standard InChI is InChI=1S/C15H18N2O3S/c18-11(16-3-5-21-6-4-16)8-17-14(19)12-9-1-2-10(7-9)13(12)15(17)20/h1-2,9-10,12-13H,3-8H2/t9-,10-,12-,13+/m0/s1. The molecule has 3 amide bonds. The van der Waals surface area contributed by atoms with Gasteiger partial charge in [0.2, 0.25) is 17.7 Å². The SMILES string of the molecule is O=C(CN1C(=O)[C@@H]2[C@H](C1=O)[C@H]1C=C[C@H]2C1)N1CCSCC1. The molecule has 2 heterocycles. The van der Waals surface area contributed by atoms with Gasteiger partial charge in [0, 0.05) is 24.6 Å². The third-order valence-electron chi connectivity index (χ3n) is 5.22. The summed E-state index contributed by atoms with van der Waals surface area (Å²) in [4.78, 5) is 40.3. The molecule has 4 aliphatic rings. The van der Waals surface area contributed by atoms with Crippen molar-refractivity contribution in [3.8, 4) is 0 Å². The number of amides is 3. The predicted molar refractivity (Wildman–Crippen MR) is 78.3 cm³/mol. The quantitative estimate of drug-likeness (QED) is 0.546. The second-order valence-corrected chi connectivity index (χ2v) is 7.48. The second kappa shape index (κ2) is 4.87. The van der Waals surface area contributed by atoms with Crippen LogP contribution in [-0.2, 0) is 14.4 Å². The van der Waals surface area contributed by atoms with Crippen molar-refractivity contribution in [3.63, 3.8) is 0 Å². The highest BCUT2D eigenvalue weighted by Gasteiger charge is 2.59. The van der Waals surface area contributed by atoms with E-state index in [1.54, 1.807) is 4.90 Å². The summed E-state index contributed by atoms with van der Waals surface area (Å²) in [5.41, 5.74) is 0. The lowest BCUT2D eigenvalue weighted by Gasteiger charge is -2.28. The van der Waals surface area contributed by atoms with Crippen molar-refractivity contribution >= 4 is 29.5 Å². The number of hydrogen-bond acceptors (Lipinski definition) is 4. The summed E-state index contributed by atoms with van der Waals surface area (Å²) in [5, 5.41) is 0. The van der Waals surface area contributed by atoms with Crippen LogP contribution in [0.3, 0.4) is 0 Å². The third-order valence-corrected chi connectivity index (χ3v) is 6.16. The second-order valence-electron chi connectivity index (χ2n) is 6.26. The number of thioether (sulfide) groups is 1. The highest BCUT2D eigenvalue weighted by molar-refractivity contribution is 7.99. The van der Waals surface area contributed by atoms with Gasteiger partial charge in [0.15, 0.2) is 0 Å². The third kappa shape index (κ3) is 1.95. The lowest BCUT2D eigenvalue weighted by Crippen LogP contribution is -2.46. The fourth-order valence-electron chi connectivity index (χ4n) is 4.17. The summed E-state index contributed by atoms with van der Waals surface area (Å²) >= 11 is 1.83. The molecule has 6 heteroatoms. The van der Waals surface area contributed by atoms with Gasteiger partial charge >= 0.3 is 0 Å². The number of nitrogens with zero attached hydrogens (tertiary/aromatic N) is 2. The van der Waals surface area contributed by atoms with E-state index in [-0.39, 0.29) is 47.9 Å². The monoisotopic (exact) mass is 306 g/mol. The number of hydrogen-bond donors (Lipinski definition) is 0. The molecule has 0 aromatic rings. The van der Waals surface area contributed by atoms with E-state index in [2.05, 4.69) is 12.2 Å². The van der Waals surface area contributed by atoms with E-state index in [1.165, 1.54) is 4.90 Å². The minimum absolute atomic E-state index is 0.0607. The molecule has 0 unspecified atom stereocenters. The van der Waals surface area contributed by atoms with Gasteiger partial charge in [-0.3, -0.25) is 19.3 Å². The first kappa shape index (κ1) is 13.4. The maximum absolute atomic E-state index is 12.5. The van der Waals surface area contributed by atoms with Crippen LogP contribution in [0, 0.1) is 23.7 Å². The summed E-state index contributed by atoms with van der Waals surface area (Å²) in [6, 6.07) is 0. The number of carbonyl (C=O) groups excluding carboxylic acids is 3. The van der Waals surface area contributed by atoms with E-state index < -0.39 is 0 Å². The Balaban J connectivity index is 1.48. The Labute approximate surface area is 127 Å². The molecule has 2 saturated heterocycles. The number of rotatable bonds is 2. The molecule has 4 atom stereocenters. The van der Waals surface area contributed by atoms with Gasteiger partial charge in [-0.25, -0.2) is 0 Å². The van der Waals surface area contributed by atoms with E-state index in [4.69, 9.17) is 0 Å². The molecule has 3 fully saturated rings. The minimum Gasteiger partial charge on any atom is -0.339 e. The maximum atomic E-state index is 12.5. The average Bonchev–Trinajstić information content (AvgIpc) is 3.18. The normalized spacial score (nSPS) is 37.5. The molecule has 2 aliphatic carbocycles. The van der Waals surface area contributed by atoms with Crippen molar-refractivity contribution in [3.05, 3.63) is 12.2 Å². The minimum atomic E-state index is -0.197. The Bertz CT molecular complexity index is 511. The number of allylic oxidation sites excluding steroid dienone is 2. The first-order valence-corrected chi connectivity index (χ1v) is 8.71. The van der Waals surface area contributed by atoms with Crippen LogP contribution in [0.2, 0.25) is 0 Å². The molecule has 4 rings (SSSR count). The van der Waals surface area contributed by atoms with E-state index in [0.717, 1.165) is 31.0 Å². The number of likely N-dealkylation sites (tertiary alicyclic amines) is 1. The summed E-state index contributed by atoms with van der Waals surface area (Å²) < 4.78 is 0. The van der Waals surface area contributed by atoms with Crippen LogP contribution < -0.4 is 0 Å². The van der Waals surface area contributed by atoms with Gasteiger partial charge in [0.25, 0.3) is 0 Å². The molecule has 2 bridgehead atoms. The molecule has 0 aromatic heterocycles. The zero-order valence-electron chi connectivity index (χ0n) is 11.7. The van der Waals surface area contributed by atoms with E-state index in [1.807, 2.05) is 11.8 Å². The van der Waals surface area contributed by atoms with Gasteiger partial charge in [-0.15, -0.1) is 0 Å². The van der Waals surface area contributed by atoms with Crippen LogP contribution in [0.1, 0.15) is 6.42 Å². The van der Waals surface area contributed by atoms with Crippen LogP contribution in [0.5, 0.6) is 0 Å². The number of fused-ring (bicyclic) bond motifs is 5. The molecule has 0 aromatic carbocycles. The fraction of sp³-hybridized carbons (Fsp3) is 0.667. The zero-order chi connectivity index (χ0) is 14.6. The highest BCUT2D eigenvalue weighted by Crippen LogP contribution is 2.52. The van der Waals surface area contributed by atoms with Crippen LogP contribution in [0.15, 0.2) is 12.2 Å². The Kier molecular flexibility index (Phi) is 3.10. The van der Waals surface area contributed by atoms with Crippen LogP contribution >= 0.6 is 11.8 Å². The van der Waals surface area contributed by atoms with Crippen molar-refractivity contribution in [1.82, 2.24) is 9.80 Å². The summed E-state index contributed by atoms with van der Waals surface area (Å²) in [6.07, 6.45) is 5.08. The van der Waals surface area contributed by atoms with Crippen molar-refractivity contribution in [2.24, 2.45) is 23.7 Å². The molecule has 5 nitrogen and oxygen atoms in total. The van der Waals surface area contributed by atoms with E-state index in [0.29, 0.717) is 0 Å². The Hall–Kier alpha value is -1.30. The van der Waals surface area contributed by atoms with Crippen LogP contribution in [0.4, 0.5) is 0 Å². The Morgan fingerprint density at radius 3 is 2.24 bits per heavy atom. The highest BCUT2D eigenvalue weighted by atomic mass is 32.2. The summed E-state index contributed by atoms with van der Waals surface area (Å²) in [7, 11) is 0. The van der Waals surface area contributed by atoms with Crippen molar-refractivity contribution in [2.45, 2.75) is 6.42 Å². The van der Waals surface area contributed by atoms with E-state index >= 15 is 0 Å². The lowest BCUT2D eigenvalue weighted by molar-refractivity contribution is -0.147. The van der Waals surface area contributed by atoms with Crippen LogP contribution in [0.25, 0.3) is 0 Å². The van der Waals surface area contributed by atoms with Gasteiger partial charge in [0.1, 0.15) is 6.54 Å². The average molecular weight is 306 g/mol. The molecule has 0 spiro atoms. The molecule has 112 valence electrons. The molecule has 1 saturated carbocycles. The maximum Gasteiger partial charge on any atom is 0.242 e. The molecule has 2 aliphatic heterocycles. The van der Waals surface area contributed by atoms with E-state index in [9.17, 15) is 14.4 Å². The zero-order valence-corrected chi connectivity index (χ0v) is 12.6. The van der Waals surface area contributed by atoms with Gasteiger partial charge in [-0.2, -0.15) is 11.8 Å². The smallest absolute Gasteiger partial charge is 0.242 e. The van der Waals surface area contributed by atoms with Crippen molar-refractivity contribution in [1.29, 1.82) is 0 Å². The first-order valence-electron chi connectivity index (χ1n) is 7.56. The first-order chi connectivity index (χ1) is 10.2. The molecule has 0 radical (unpaired) electrons. The summed E-state index contributed by atoms with van der Waals surface area (Å²) in [6.45, 7) is 1.38. The summed E-state index contributed by atoms with van der Waals surface area (Å²) in [5.74, 6) is 1.57. The van der Waals surface area contributed by atoms with Crippen molar-refractivity contribution < 1.29 is 14.4 Å². The number of imide groups is 1. The molecule has 21 heavy (non-hydrogen) atoms. The van der Waals surface area contributed by atoms with Gasteiger partial charge in [0.05, 0.1) is 11.8 Å². The molecular weight excluding hydrogens is 288 g/mol. The molecule has 0 N–H and O–H groups in total. The largest absolute Gasteiger partial charge is 0.339 e. The van der Waals surface area contributed by atoms with Gasteiger partial charge in [-0.1, -0.05) is 12.2 Å². The fourth-order valence-corrected chi connectivity index (χ4v) is 5.07. The van der Waals surface area contributed by atoms with Crippen molar-refractivity contribution in [2.75, 3.05) is 31.1 Å². The Morgan fingerprint density at radius 1 is 1.10 bits per heavy atom. The van der Waals surface area contributed by atoms with Gasteiger partial charge in [-0.05, 0) is 18.3 Å². The lowest BCUT2D eigenvalue weighted by atomic mass is 9.85. The number of carbonyl (C=O) groups is 3.